The van der Waals surface area contributed by atoms with Crippen LogP contribution in [0.4, 0.5) is 18.9 Å². The molecular formula is C21H18F3N3. The van der Waals surface area contributed by atoms with Gasteiger partial charge in [-0.1, -0.05) is 42.5 Å². The first-order valence-corrected chi connectivity index (χ1v) is 8.70. The van der Waals surface area contributed by atoms with Crippen molar-refractivity contribution >= 4 is 22.3 Å². The highest BCUT2D eigenvalue weighted by Gasteiger charge is 2.33. The lowest BCUT2D eigenvalue weighted by Gasteiger charge is -2.29. The second-order valence-corrected chi connectivity index (χ2v) is 6.61. The molecule has 3 aromatic carbocycles. The molecule has 3 N–H and O–H groups in total. The van der Waals surface area contributed by atoms with Crippen molar-refractivity contribution in [2.45, 2.75) is 18.6 Å². The molecule has 6 heteroatoms. The van der Waals surface area contributed by atoms with Crippen LogP contribution in [0.1, 0.15) is 22.7 Å². The van der Waals surface area contributed by atoms with Gasteiger partial charge in [0.25, 0.3) is 0 Å². The van der Waals surface area contributed by atoms with Crippen LogP contribution in [-0.2, 0) is 12.6 Å². The second-order valence-electron chi connectivity index (χ2n) is 6.61. The summed E-state index contributed by atoms with van der Waals surface area (Å²) in [6, 6.07) is 16.7. The van der Waals surface area contributed by atoms with E-state index in [1.54, 1.807) is 0 Å². The lowest BCUT2D eigenvalue weighted by Crippen LogP contribution is -2.38. The van der Waals surface area contributed by atoms with Gasteiger partial charge in [0.1, 0.15) is 5.84 Å². The summed E-state index contributed by atoms with van der Waals surface area (Å²) < 4.78 is 39.4. The van der Waals surface area contributed by atoms with Crippen molar-refractivity contribution in [1.29, 1.82) is 5.41 Å². The molecule has 4 rings (SSSR count). The molecule has 0 aliphatic carbocycles. The molecule has 3 nitrogen and oxygen atoms in total. The molecule has 1 unspecified atom stereocenters. The minimum absolute atomic E-state index is 0.131. The van der Waals surface area contributed by atoms with Crippen LogP contribution in [0.25, 0.3) is 10.8 Å². The van der Waals surface area contributed by atoms with E-state index in [0.29, 0.717) is 18.5 Å². The van der Waals surface area contributed by atoms with Gasteiger partial charge in [-0.3, -0.25) is 5.41 Å². The zero-order valence-corrected chi connectivity index (χ0v) is 14.4. The highest BCUT2D eigenvalue weighted by molar-refractivity contribution is 6.05. The third-order valence-corrected chi connectivity index (χ3v) is 4.87. The SMILES string of the molecule is N=C(Nc1cccc2ccccc12)C1NCCc2ccc(C(F)(F)F)cc21. The first kappa shape index (κ1) is 17.5. The highest BCUT2D eigenvalue weighted by Crippen LogP contribution is 2.34. The van der Waals surface area contributed by atoms with Crippen LogP contribution >= 0.6 is 0 Å². The number of hydrogen-bond donors (Lipinski definition) is 3. The quantitative estimate of drug-likeness (QED) is 0.433. The highest BCUT2D eigenvalue weighted by atomic mass is 19.4. The molecule has 0 aromatic heterocycles. The summed E-state index contributed by atoms with van der Waals surface area (Å²) in [6.07, 6.45) is -3.76. The van der Waals surface area contributed by atoms with Crippen molar-refractivity contribution < 1.29 is 13.2 Å². The third-order valence-electron chi connectivity index (χ3n) is 4.87. The molecule has 1 aliphatic rings. The van der Waals surface area contributed by atoms with E-state index in [0.717, 1.165) is 34.2 Å². The second kappa shape index (κ2) is 6.70. The fourth-order valence-corrected chi connectivity index (χ4v) is 3.54. The molecule has 0 saturated heterocycles. The van der Waals surface area contributed by atoms with E-state index >= 15 is 0 Å². The third kappa shape index (κ3) is 3.40. The maximum absolute atomic E-state index is 13.1. The first-order valence-electron chi connectivity index (χ1n) is 8.70. The standard InChI is InChI=1S/C21H18F3N3/c22-21(23,24)15-9-8-14-10-11-26-19(17(14)12-15)20(25)27-18-7-3-5-13-4-1-2-6-16(13)18/h1-9,12,19,26H,10-11H2,(H2,25,27). The van der Waals surface area contributed by atoms with E-state index in [9.17, 15) is 13.2 Å². The number of benzene rings is 3. The monoisotopic (exact) mass is 369 g/mol. The van der Waals surface area contributed by atoms with Gasteiger partial charge in [-0.15, -0.1) is 0 Å². The van der Waals surface area contributed by atoms with Crippen LogP contribution in [0.15, 0.2) is 60.7 Å². The molecule has 0 spiro atoms. The summed E-state index contributed by atoms with van der Waals surface area (Å²) >= 11 is 0. The van der Waals surface area contributed by atoms with E-state index in [1.165, 1.54) is 6.07 Å². The van der Waals surface area contributed by atoms with Crippen LogP contribution in [-0.4, -0.2) is 12.4 Å². The van der Waals surface area contributed by atoms with Gasteiger partial charge in [0.2, 0.25) is 0 Å². The minimum atomic E-state index is -4.40. The smallest absolute Gasteiger partial charge is 0.342 e. The number of nitrogens with one attached hydrogen (secondary N) is 3. The molecule has 1 heterocycles. The molecule has 27 heavy (non-hydrogen) atoms. The zero-order chi connectivity index (χ0) is 19.0. The van der Waals surface area contributed by atoms with E-state index in [-0.39, 0.29) is 5.84 Å². The molecule has 1 atom stereocenters. The topological polar surface area (TPSA) is 47.9 Å². The number of anilines is 1. The number of fused-ring (bicyclic) bond motifs is 2. The Bertz CT molecular complexity index is 1010. The Balaban J connectivity index is 1.67. The van der Waals surface area contributed by atoms with Gasteiger partial charge in [0.15, 0.2) is 0 Å². The summed E-state index contributed by atoms with van der Waals surface area (Å²) in [5, 5.41) is 16.8. The van der Waals surface area contributed by atoms with Crippen molar-refractivity contribution in [3.05, 3.63) is 77.4 Å². The van der Waals surface area contributed by atoms with E-state index in [1.807, 2.05) is 42.5 Å². The van der Waals surface area contributed by atoms with Crippen LogP contribution in [0, 0.1) is 5.41 Å². The number of alkyl halides is 3. The van der Waals surface area contributed by atoms with Crippen molar-refractivity contribution in [1.82, 2.24) is 5.32 Å². The molecule has 0 saturated carbocycles. The van der Waals surface area contributed by atoms with Gasteiger partial charge in [-0.05, 0) is 41.1 Å². The molecule has 0 bridgehead atoms. The maximum Gasteiger partial charge on any atom is 0.416 e. The van der Waals surface area contributed by atoms with Gasteiger partial charge in [0, 0.05) is 17.6 Å². The van der Waals surface area contributed by atoms with Crippen LogP contribution in [0.5, 0.6) is 0 Å². The predicted molar refractivity (Wildman–Crippen MR) is 101 cm³/mol. The summed E-state index contributed by atoms with van der Waals surface area (Å²) in [6.45, 7) is 0.614. The minimum Gasteiger partial charge on any atom is -0.342 e. The Hall–Kier alpha value is -2.86. The fraction of sp³-hybridized carbons (Fsp3) is 0.190. The molecule has 0 fully saturated rings. The average Bonchev–Trinajstić information content (AvgIpc) is 2.66. The average molecular weight is 369 g/mol. The summed E-state index contributed by atoms with van der Waals surface area (Å²) in [5.41, 5.74) is 1.43. The normalized spacial score (nSPS) is 16.8. The Morgan fingerprint density at radius 1 is 1.04 bits per heavy atom. The summed E-state index contributed by atoms with van der Waals surface area (Å²) in [4.78, 5) is 0. The Morgan fingerprint density at radius 2 is 1.81 bits per heavy atom. The molecule has 0 amide bonds. The van der Waals surface area contributed by atoms with Crippen LogP contribution in [0.2, 0.25) is 0 Å². The summed E-state index contributed by atoms with van der Waals surface area (Å²) in [5.74, 6) is 0.131. The molecule has 0 radical (unpaired) electrons. The van der Waals surface area contributed by atoms with Crippen molar-refractivity contribution in [2.75, 3.05) is 11.9 Å². The van der Waals surface area contributed by atoms with Crippen molar-refractivity contribution in [3.63, 3.8) is 0 Å². The van der Waals surface area contributed by atoms with E-state index < -0.39 is 17.8 Å². The lowest BCUT2D eigenvalue weighted by atomic mass is 9.91. The van der Waals surface area contributed by atoms with Gasteiger partial charge < -0.3 is 10.6 Å². The number of hydrogen-bond acceptors (Lipinski definition) is 2. The molecule has 1 aliphatic heterocycles. The Morgan fingerprint density at radius 3 is 2.63 bits per heavy atom. The Kier molecular flexibility index (Phi) is 4.36. The van der Waals surface area contributed by atoms with E-state index in [2.05, 4.69) is 10.6 Å². The molecular weight excluding hydrogens is 351 g/mol. The van der Waals surface area contributed by atoms with Crippen molar-refractivity contribution in [2.24, 2.45) is 0 Å². The molecule has 138 valence electrons. The first-order chi connectivity index (χ1) is 12.9. The van der Waals surface area contributed by atoms with Gasteiger partial charge in [-0.25, -0.2) is 0 Å². The van der Waals surface area contributed by atoms with Crippen LogP contribution in [0.3, 0.4) is 0 Å². The molecule has 3 aromatic rings. The number of amidine groups is 1. The maximum atomic E-state index is 13.1. The van der Waals surface area contributed by atoms with Gasteiger partial charge >= 0.3 is 6.18 Å². The van der Waals surface area contributed by atoms with Gasteiger partial charge in [-0.2, -0.15) is 13.2 Å². The number of halogens is 3. The number of rotatable bonds is 2. The predicted octanol–water partition coefficient (Wildman–Crippen LogP) is 5.13. The fourth-order valence-electron chi connectivity index (χ4n) is 3.54. The Labute approximate surface area is 154 Å². The van der Waals surface area contributed by atoms with Gasteiger partial charge in [0.05, 0.1) is 11.6 Å². The van der Waals surface area contributed by atoms with Crippen LogP contribution < -0.4 is 10.6 Å². The largest absolute Gasteiger partial charge is 0.416 e. The van der Waals surface area contributed by atoms with E-state index in [4.69, 9.17) is 5.41 Å². The lowest BCUT2D eigenvalue weighted by molar-refractivity contribution is -0.137. The van der Waals surface area contributed by atoms with Crippen molar-refractivity contribution in [3.8, 4) is 0 Å². The summed E-state index contributed by atoms with van der Waals surface area (Å²) in [7, 11) is 0. The zero-order valence-electron chi connectivity index (χ0n) is 14.4.